The summed E-state index contributed by atoms with van der Waals surface area (Å²) in [6.45, 7) is 0. The maximum atomic E-state index is 12.3. The summed E-state index contributed by atoms with van der Waals surface area (Å²) in [7, 11) is 0. The zero-order chi connectivity index (χ0) is 11.5. The SMILES string of the molecule is O=Cc1cn(-c2ccnc(C(F)F)n2)cn1. The topological polar surface area (TPSA) is 60.7 Å². The van der Waals surface area contributed by atoms with Gasteiger partial charge in [-0.2, -0.15) is 0 Å². The van der Waals surface area contributed by atoms with E-state index in [-0.39, 0.29) is 11.5 Å². The molecule has 2 rings (SSSR count). The fraction of sp³-hybridized carbons (Fsp3) is 0.111. The van der Waals surface area contributed by atoms with Crippen LogP contribution < -0.4 is 0 Å². The number of nitrogens with zero attached hydrogens (tertiary/aromatic N) is 4. The van der Waals surface area contributed by atoms with Crippen LogP contribution in [0.25, 0.3) is 5.82 Å². The average Bonchev–Trinajstić information content (AvgIpc) is 2.77. The summed E-state index contributed by atoms with van der Waals surface area (Å²) < 4.78 is 26.0. The van der Waals surface area contributed by atoms with Crippen molar-refractivity contribution in [1.29, 1.82) is 0 Å². The molecule has 0 atom stereocenters. The lowest BCUT2D eigenvalue weighted by molar-refractivity contribution is 0.111. The van der Waals surface area contributed by atoms with Crippen LogP contribution in [0.5, 0.6) is 0 Å². The smallest absolute Gasteiger partial charge is 0.296 e. The third-order valence-electron chi connectivity index (χ3n) is 1.84. The molecule has 0 amide bonds. The van der Waals surface area contributed by atoms with Gasteiger partial charge in [-0.15, -0.1) is 0 Å². The summed E-state index contributed by atoms with van der Waals surface area (Å²) in [6, 6.07) is 1.45. The summed E-state index contributed by atoms with van der Waals surface area (Å²) in [4.78, 5) is 21.2. The minimum Gasteiger partial charge on any atom is -0.296 e. The Kier molecular flexibility index (Phi) is 2.67. The number of alkyl halides is 2. The molecular weight excluding hydrogens is 218 g/mol. The number of imidazole rings is 1. The lowest BCUT2D eigenvalue weighted by Gasteiger charge is -2.02. The van der Waals surface area contributed by atoms with Crippen molar-refractivity contribution in [2.45, 2.75) is 6.43 Å². The number of aromatic nitrogens is 4. The Balaban J connectivity index is 2.39. The van der Waals surface area contributed by atoms with Crippen molar-refractivity contribution in [3.63, 3.8) is 0 Å². The molecule has 0 bridgehead atoms. The molecule has 0 spiro atoms. The molecule has 82 valence electrons. The van der Waals surface area contributed by atoms with Crippen LogP contribution >= 0.6 is 0 Å². The second-order valence-corrected chi connectivity index (χ2v) is 2.90. The fourth-order valence-electron chi connectivity index (χ4n) is 1.14. The Hall–Kier alpha value is -2.18. The number of carbonyl (C=O) groups is 1. The van der Waals surface area contributed by atoms with E-state index < -0.39 is 12.2 Å². The molecule has 0 N–H and O–H groups in total. The minimum absolute atomic E-state index is 0.206. The second-order valence-electron chi connectivity index (χ2n) is 2.90. The summed E-state index contributed by atoms with van der Waals surface area (Å²) >= 11 is 0. The molecule has 2 aromatic heterocycles. The maximum absolute atomic E-state index is 12.3. The van der Waals surface area contributed by atoms with E-state index >= 15 is 0 Å². The molecule has 0 fully saturated rings. The quantitative estimate of drug-likeness (QED) is 0.739. The highest BCUT2D eigenvalue weighted by Crippen LogP contribution is 2.14. The van der Waals surface area contributed by atoms with Crippen LogP contribution in [-0.2, 0) is 0 Å². The van der Waals surface area contributed by atoms with Gasteiger partial charge < -0.3 is 0 Å². The van der Waals surface area contributed by atoms with Crippen LogP contribution in [0.4, 0.5) is 8.78 Å². The van der Waals surface area contributed by atoms with Crippen LogP contribution in [0.2, 0.25) is 0 Å². The van der Waals surface area contributed by atoms with Gasteiger partial charge in [-0.25, -0.2) is 23.7 Å². The first-order valence-corrected chi connectivity index (χ1v) is 4.31. The van der Waals surface area contributed by atoms with E-state index in [9.17, 15) is 13.6 Å². The minimum atomic E-state index is -2.73. The van der Waals surface area contributed by atoms with E-state index in [1.54, 1.807) is 0 Å². The average molecular weight is 224 g/mol. The third-order valence-corrected chi connectivity index (χ3v) is 1.84. The summed E-state index contributed by atoms with van der Waals surface area (Å²) in [6.07, 6.45) is 1.77. The first-order valence-electron chi connectivity index (χ1n) is 4.31. The van der Waals surface area contributed by atoms with Crippen LogP contribution in [0.3, 0.4) is 0 Å². The lowest BCUT2D eigenvalue weighted by atomic mass is 10.5. The largest absolute Gasteiger partial charge is 0.297 e. The van der Waals surface area contributed by atoms with Crippen molar-refractivity contribution in [2.75, 3.05) is 0 Å². The molecule has 2 aromatic rings. The van der Waals surface area contributed by atoms with Crippen molar-refractivity contribution in [3.8, 4) is 5.82 Å². The molecule has 7 heteroatoms. The van der Waals surface area contributed by atoms with Crippen LogP contribution in [0.15, 0.2) is 24.8 Å². The van der Waals surface area contributed by atoms with Gasteiger partial charge in [0.05, 0.1) is 0 Å². The third kappa shape index (κ3) is 1.92. The van der Waals surface area contributed by atoms with Crippen molar-refractivity contribution in [2.24, 2.45) is 0 Å². The van der Waals surface area contributed by atoms with Crippen molar-refractivity contribution in [3.05, 3.63) is 36.3 Å². The predicted octanol–water partition coefficient (Wildman–Crippen LogP) is 1.41. The summed E-state index contributed by atoms with van der Waals surface area (Å²) in [5.41, 5.74) is 0.206. The van der Waals surface area contributed by atoms with E-state index in [0.29, 0.717) is 6.29 Å². The summed E-state index contributed by atoms with van der Waals surface area (Å²) in [5.74, 6) is -0.315. The van der Waals surface area contributed by atoms with Crippen molar-refractivity contribution < 1.29 is 13.6 Å². The normalized spacial score (nSPS) is 10.7. The van der Waals surface area contributed by atoms with Gasteiger partial charge in [0.15, 0.2) is 12.1 Å². The molecule has 0 aromatic carbocycles. The van der Waals surface area contributed by atoms with Gasteiger partial charge in [0.25, 0.3) is 6.43 Å². The number of aldehydes is 1. The van der Waals surface area contributed by atoms with Gasteiger partial charge in [-0.1, -0.05) is 0 Å². The van der Waals surface area contributed by atoms with Crippen LogP contribution in [0.1, 0.15) is 22.7 Å². The van der Waals surface area contributed by atoms with E-state index in [0.717, 1.165) is 0 Å². The molecule has 5 nitrogen and oxygen atoms in total. The Morgan fingerprint density at radius 1 is 1.38 bits per heavy atom. The molecule has 0 saturated heterocycles. The predicted molar refractivity (Wildman–Crippen MR) is 49.5 cm³/mol. The van der Waals surface area contributed by atoms with Gasteiger partial charge >= 0.3 is 0 Å². The number of carbonyl (C=O) groups excluding carboxylic acids is 1. The molecule has 0 aliphatic carbocycles. The van der Waals surface area contributed by atoms with Gasteiger partial charge in [-0.3, -0.25) is 9.36 Å². The molecule has 0 aliphatic rings. The van der Waals surface area contributed by atoms with Gasteiger partial charge in [0.1, 0.15) is 17.8 Å². The van der Waals surface area contributed by atoms with Crippen molar-refractivity contribution in [1.82, 2.24) is 19.5 Å². The van der Waals surface area contributed by atoms with E-state index in [2.05, 4.69) is 15.0 Å². The molecule has 2 heterocycles. The highest BCUT2D eigenvalue weighted by Gasteiger charge is 2.11. The van der Waals surface area contributed by atoms with Gasteiger partial charge in [0.2, 0.25) is 0 Å². The standard InChI is InChI=1S/C9H6F2N4O/c10-8(11)9-12-2-1-7(14-9)15-3-6(4-16)13-5-15/h1-5,8H. The van der Waals surface area contributed by atoms with E-state index in [4.69, 9.17) is 0 Å². The Bertz CT molecular complexity index is 512. The molecule has 0 saturated carbocycles. The Labute approximate surface area is 88.8 Å². The van der Waals surface area contributed by atoms with E-state index in [1.165, 1.54) is 29.4 Å². The number of hydrogen-bond acceptors (Lipinski definition) is 4. The number of halogens is 2. The van der Waals surface area contributed by atoms with Crippen molar-refractivity contribution >= 4 is 6.29 Å². The Morgan fingerprint density at radius 3 is 2.81 bits per heavy atom. The van der Waals surface area contributed by atoms with E-state index in [1.807, 2.05) is 0 Å². The number of rotatable bonds is 3. The first-order chi connectivity index (χ1) is 7.70. The summed E-state index contributed by atoms with van der Waals surface area (Å²) in [5, 5.41) is 0. The molecular formula is C9H6F2N4O. The monoisotopic (exact) mass is 224 g/mol. The molecule has 0 unspecified atom stereocenters. The van der Waals surface area contributed by atoms with Gasteiger partial charge in [0, 0.05) is 12.4 Å². The molecule has 0 radical (unpaired) electrons. The lowest BCUT2D eigenvalue weighted by Crippen LogP contribution is -2.01. The molecule has 0 aliphatic heterocycles. The number of hydrogen-bond donors (Lipinski definition) is 0. The highest BCUT2D eigenvalue weighted by molar-refractivity contribution is 5.71. The van der Waals surface area contributed by atoms with Gasteiger partial charge in [-0.05, 0) is 6.07 Å². The van der Waals surface area contributed by atoms with Crippen LogP contribution in [-0.4, -0.2) is 25.8 Å². The first kappa shape index (κ1) is 10.3. The molecule has 16 heavy (non-hydrogen) atoms. The fourth-order valence-corrected chi connectivity index (χ4v) is 1.14. The highest BCUT2D eigenvalue weighted by atomic mass is 19.3. The second kappa shape index (κ2) is 4.13. The zero-order valence-electron chi connectivity index (χ0n) is 7.92. The van der Waals surface area contributed by atoms with Crippen LogP contribution in [0, 0.1) is 0 Å². The zero-order valence-corrected chi connectivity index (χ0v) is 7.92. The maximum Gasteiger partial charge on any atom is 0.297 e. The Morgan fingerprint density at radius 2 is 2.19 bits per heavy atom.